The molecule has 0 bridgehead atoms. The van der Waals surface area contributed by atoms with Crippen LogP contribution in [0.25, 0.3) is 0 Å². The van der Waals surface area contributed by atoms with Crippen molar-refractivity contribution >= 4 is 5.69 Å². The molecule has 0 aliphatic heterocycles. The Balaban J connectivity index is 2.27. The number of nitrogens with zero attached hydrogens (tertiary/aromatic N) is 2. The van der Waals surface area contributed by atoms with Gasteiger partial charge in [0.15, 0.2) is 5.75 Å². The van der Waals surface area contributed by atoms with Crippen molar-refractivity contribution in [3.8, 4) is 11.8 Å². The van der Waals surface area contributed by atoms with Gasteiger partial charge in [0.25, 0.3) is 0 Å². The first-order valence-corrected chi connectivity index (χ1v) is 6.08. The lowest BCUT2D eigenvalue weighted by Gasteiger charge is -2.09. The summed E-state index contributed by atoms with van der Waals surface area (Å²) in [6.07, 6.45) is 0. The average Bonchev–Trinajstić information content (AvgIpc) is 2.46. The van der Waals surface area contributed by atoms with Gasteiger partial charge in [-0.3, -0.25) is 10.1 Å². The molecule has 0 saturated carbocycles. The van der Waals surface area contributed by atoms with E-state index in [1.54, 1.807) is 19.1 Å². The molecule has 106 valence electrons. The first-order valence-electron chi connectivity index (χ1n) is 6.08. The number of halogens is 1. The van der Waals surface area contributed by atoms with Crippen LogP contribution in [0.15, 0.2) is 36.4 Å². The van der Waals surface area contributed by atoms with Gasteiger partial charge in [0.1, 0.15) is 18.5 Å². The first kappa shape index (κ1) is 14.5. The van der Waals surface area contributed by atoms with Crippen molar-refractivity contribution < 1.29 is 14.1 Å². The monoisotopic (exact) mass is 286 g/mol. The molecule has 0 aliphatic rings. The van der Waals surface area contributed by atoms with Crippen molar-refractivity contribution in [2.75, 3.05) is 0 Å². The van der Waals surface area contributed by atoms with E-state index in [1.165, 1.54) is 30.3 Å². The lowest BCUT2D eigenvalue weighted by atomic mass is 10.1. The van der Waals surface area contributed by atoms with Gasteiger partial charge < -0.3 is 4.74 Å². The molecule has 6 heteroatoms. The summed E-state index contributed by atoms with van der Waals surface area (Å²) in [4.78, 5) is 10.4. The highest BCUT2D eigenvalue weighted by atomic mass is 19.1. The summed E-state index contributed by atoms with van der Waals surface area (Å²) < 4.78 is 19.2. The van der Waals surface area contributed by atoms with Gasteiger partial charge in [-0.2, -0.15) is 5.26 Å². The average molecular weight is 286 g/mol. The van der Waals surface area contributed by atoms with Gasteiger partial charge in [-0.1, -0.05) is 18.2 Å². The predicted octanol–water partition coefficient (Wildman–Crippen LogP) is 3.49. The molecule has 0 radical (unpaired) electrons. The van der Waals surface area contributed by atoms with E-state index in [0.717, 1.165) is 5.56 Å². The van der Waals surface area contributed by atoms with Crippen LogP contribution in [0.3, 0.4) is 0 Å². The number of hydrogen-bond acceptors (Lipinski definition) is 4. The van der Waals surface area contributed by atoms with Crippen LogP contribution in [-0.4, -0.2) is 4.92 Å². The number of rotatable bonds is 4. The number of nitro groups is 1. The highest BCUT2D eigenvalue weighted by molar-refractivity contribution is 5.48. The molecule has 0 spiro atoms. The molecule has 0 aliphatic carbocycles. The third-order valence-electron chi connectivity index (χ3n) is 2.89. The number of nitriles is 1. The van der Waals surface area contributed by atoms with E-state index in [9.17, 15) is 14.5 Å². The van der Waals surface area contributed by atoms with Crippen LogP contribution in [-0.2, 0) is 6.61 Å². The van der Waals surface area contributed by atoms with Gasteiger partial charge in [-0.05, 0) is 24.6 Å². The largest absolute Gasteiger partial charge is 0.482 e. The fraction of sp³-hybridized carbons (Fsp3) is 0.133. The lowest BCUT2D eigenvalue weighted by molar-refractivity contribution is -0.386. The van der Waals surface area contributed by atoms with Crippen molar-refractivity contribution in [1.29, 1.82) is 5.26 Å². The number of nitro benzene ring substituents is 1. The van der Waals surface area contributed by atoms with Crippen molar-refractivity contribution in [2.45, 2.75) is 13.5 Å². The van der Waals surface area contributed by atoms with Crippen LogP contribution in [0, 0.1) is 34.2 Å². The second kappa shape index (κ2) is 6.01. The second-order valence-corrected chi connectivity index (χ2v) is 4.41. The maximum atomic E-state index is 13.9. The fourth-order valence-electron chi connectivity index (χ4n) is 1.82. The van der Waals surface area contributed by atoms with E-state index in [0.29, 0.717) is 0 Å². The maximum Gasteiger partial charge on any atom is 0.310 e. The molecule has 0 fully saturated rings. The number of hydrogen-bond donors (Lipinski definition) is 0. The Morgan fingerprint density at radius 1 is 1.38 bits per heavy atom. The van der Waals surface area contributed by atoms with Crippen LogP contribution in [0.2, 0.25) is 0 Å². The van der Waals surface area contributed by atoms with E-state index in [1.807, 2.05) is 0 Å². The fourth-order valence-corrected chi connectivity index (χ4v) is 1.82. The van der Waals surface area contributed by atoms with Gasteiger partial charge in [0, 0.05) is 11.6 Å². The summed E-state index contributed by atoms with van der Waals surface area (Å²) in [7, 11) is 0. The minimum absolute atomic E-state index is 0.0711. The van der Waals surface area contributed by atoms with E-state index < -0.39 is 10.7 Å². The van der Waals surface area contributed by atoms with Crippen LogP contribution in [0.5, 0.6) is 5.75 Å². The molecule has 0 heterocycles. The predicted molar refractivity (Wildman–Crippen MR) is 73.3 cm³/mol. The van der Waals surface area contributed by atoms with Gasteiger partial charge in [-0.25, -0.2) is 4.39 Å². The van der Waals surface area contributed by atoms with Crippen molar-refractivity contribution in [2.24, 2.45) is 0 Å². The van der Waals surface area contributed by atoms with Crippen molar-refractivity contribution in [1.82, 2.24) is 0 Å². The minimum Gasteiger partial charge on any atom is -0.482 e. The molecule has 0 saturated heterocycles. The van der Waals surface area contributed by atoms with Gasteiger partial charge in [-0.15, -0.1) is 0 Å². The molecule has 5 nitrogen and oxygen atoms in total. The number of aryl methyl sites for hydroxylation is 1. The summed E-state index contributed by atoms with van der Waals surface area (Å²) in [6, 6.07) is 10.5. The maximum absolute atomic E-state index is 13.9. The summed E-state index contributed by atoms with van der Waals surface area (Å²) in [6.45, 7) is 1.58. The van der Waals surface area contributed by atoms with Crippen LogP contribution in [0.4, 0.5) is 10.1 Å². The van der Waals surface area contributed by atoms with Gasteiger partial charge in [0.2, 0.25) is 0 Å². The summed E-state index contributed by atoms with van der Waals surface area (Å²) >= 11 is 0. The number of benzene rings is 2. The zero-order chi connectivity index (χ0) is 15.4. The highest BCUT2D eigenvalue weighted by Gasteiger charge is 2.16. The Hall–Kier alpha value is -2.94. The highest BCUT2D eigenvalue weighted by Crippen LogP contribution is 2.28. The van der Waals surface area contributed by atoms with Crippen LogP contribution < -0.4 is 4.74 Å². The third kappa shape index (κ3) is 3.15. The Bertz CT molecular complexity index is 738. The van der Waals surface area contributed by atoms with E-state index >= 15 is 0 Å². The Morgan fingerprint density at radius 3 is 2.81 bits per heavy atom. The molecule has 2 aromatic rings. The molecule has 0 atom stereocenters. The Morgan fingerprint density at radius 2 is 2.14 bits per heavy atom. The zero-order valence-corrected chi connectivity index (χ0v) is 11.2. The summed E-state index contributed by atoms with van der Waals surface area (Å²) in [5.74, 6) is -0.600. The molecule has 0 unspecified atom stereocenters. The van der Waals surface area contributed by atoms with Gasteiger partial charge in [0.05, 0.1) is 10.5 Å². The Kier molecular flexibility index (Phi) is 4.14. The number of ether oxygens (including phenoxy) is 1. The Labute approximate surface area is 120 Å². The first-order chi connectivity index (χ1) is 10.0. The molecule has 21 heavy (non-hydrogen) atoms. The summed E-state index contributed by atoms with van der Waals surface area (Å²) in [5.41, 5.74) is 0.694. The van der Waals surface area contributed by atoms with Crippen molar-refractivity contribution in [3.05, 3.63) is 69.0 Å². The van der Waals surface area contributed by atoms with E-state index in [4.69, 9.17) is 10.00 Å². The smallest absolute Gasteiger partial charge is 0.310 e. The standard InChI is InChI=1S/C15H11FN2O3/c1-10-5-6-13(18(19)20)14(7-10)21-9-12-4-2-3-11(8-17)15(12)16/h2-7H,9H2,1H3. The summed E-state index contributed by atoms with van der Waals surface area (Å²) in [5, 5.41) is 19.7. The van der Waals surface area contributed by atoms with E-state index in [2.05, 4.69) is 0 Å². The quantitative estimate of drug-likeness (QED) is 0.636. The lowest BCUT2D eigenvalue weighted by Crippen LogP contribution is -2.02. The third-order valence-corrected chi connectivity index (χ3v) is 2.89. The van der Waals surface area contributed by atoms with Crippen LogP contribution in [0.1, 0.15) is 16.7 Å². The van der Waals surface area contributed by atoms with Gasteiger partial charge >= 0.3 is 5.69 Å². The normalized spacial score (nSPS) is 9.95. The van der Waals surface area contributed by atoms with E-state index in [-0.39, 0.29) is 29.2 Å². The van der Waals surface area contributed by atoms with Crippen LogP contribution >= 0.6 is 0 Å². The zero-order valence-electron chi connectivity index (χ0n) is 11.2. The molecular formula is C15H11FN2O3. The minimum atomic E-state index is -0.671. The molecule has 0 N–H and O–H groups in total. The molecule has 0 amide bonds. The molecular weight excluding hydrogens is 275 g/mol. The van der Waals surface area contributed by atoms with Crippen molar-refractivity contribution in [3.63, 3.8) is 0 Å². The molecule has 2 aromatic carbocycles. The molecule has 0 aromatic heterocycles. The second-order valence-electron chi connectivity index (χ2n) is 4.41. The SMILES string of the molecule is Cc1ccc([N+](=O)[O-])c(OCc2cccc(C#N)c2F)c1. The topological polar surface area (TPSA) is 76.2 Å². The molecule has 2 rings (SSSR count).